The summed E-state index contributed by atoms with van der Waals surface area (Å²) in [4.78, 5) is 14.9. The highest BCUT2D eigenvalue weighted by atomic mass is 32.2. The Balaban J connectivity index is 1.24. The summed E-state index contributed by atoms with van der Waals surface area (Å²) in [5.74, 6) is 1.65. The number of benzene rings is 2. The van der Waals surface area contributed by atoms with Crippen molar-refractivity contribution in [1.82, 2.24) is 14.9 Å². The first-order valence-electron chi connectivity index (χ1n) is 14.6. The molecule has 0 radical (unpaired) electrons. The van der Waals surface area contributed by atoms with Gasteiger partial charge < -0.3 is 25.2 Å². The van der Waals surface area contributed by atoms with Crippen molar-refractivity contribution in [3.8, 4) is 5.75 Å². The fourth-order valence-electron chi connectivity index (χ4n) is 5.90. The van der Waals surface area contributed by atoms with Gasteiger partial charge in [0, 0.05) is 30.9 Å². The highest BCUT2D eigenvalue weighted by Crippen LogP contribution is 2.36. The van der Waals surface area contributed by atoms with Crippen LogP contribution in [0, 0.1) is 0 Å². The number of rotatable bonds is 9. The van der Waals surface area contributed by atoms with Crippen LogP contribution in [-0.4, -0.2) is 67.9 Å². The Bertz CT molecular complexity index is 1660. The van der Waals surface area contributed by atoms with Crippen LogP contribution in [0.4, 0.5) is 28.8 Å². The fraction of sp³-hybridized carbons (Fsp3) is 0.419. The van der Waals surface area contributed by atoms with Crippen LogP contribution in [0.5, 0.6) is 5.75 Å². The Morgan fingerprint density at radius 3 is 2.45 bits per heavy atom. The average Bonchev–Trinajstić information content (AvgIpc) is 3.71. The predicted molar refractivity (Wildman–Crippen MR) is 172 cm³/mol. The quantitative estimate of drug-likeness (QED) is 0.223. The fourth-order valence-corrected chi connectivity index (χ4v) is 7.88. The second-order valence-electron chi connectivity index (χ2n) is 11.2. The number of anilines is 5. The van der Waals surface area contributed by atoms with Gasteiger partial charge in [-0.25, -0.2) is 13.4 Å². The number of para-hydroxylation sites is 1. The normalized spacial score (nSPS) is 16.8. The van der Waals surface area contributed by atoms with E-state index in [1.807, 2.05) is 23.6 Å². The zero-order chi connectivity index (χ0) is 29.3. The highest BCUT2D eigenvalue weighted by Gasteiger charge is 2.27. The van der Waals surface area contributed by atoms with E-state index in [0.717, 1.165) is 34.7 Å². The molecule has 0 spiro atoms. The highest BCUT2D eigenvalue weighted by molar-refractivity contribution is 7.92. The Hall–Kier alpha value is -3.41. The summed E-state index contributed by atoms with van der Waals surface area (Å²) in [6.45, 7) is 7.95. The van der Waals surface area contributed by atoms with Crippen LogP contribution in [0.3, 0.4) is 0 Å². The summed E-state index contributed by atoms with van der Waals surface area (Å²) in [7, 11) is -1.82. The smallest absolute Gasteiger partial charge is 0.229 e. The standard InChI is InChI=1S/C31H38N6O3S2/c1-21(2)42(38,39)28-9-5-4-8-25(28)32-30-29-26(14-19-41-29)34-31(35-30)33-24-11-10-23(20-27(24)40-3)37-17-12-22(13-18-37)36-15-6-7-16-36/h4-5,8-11,14,19-22H,6-7,12-13,15-18H2,1-3H3,(H2,32,33,34,35). The number of nitrogens with one attached hydrogen (secondary N) is 2. The molecule has 2 aliphatic rings. The van der Waals surface area contributed by atoms with Crippen molar-refractivity contribution in [2.75, 3.05) is 48.8 Å². The van der Waals surface area contributed by atoms with Crippen LogP contribution < -0.4 is 20.3 Å². The lowest BCUT2D eigenvalue weighted by Gasteiger charge is -2.38. The maximum Gasteiger partial charge on any atom is 0.229 e. The molecule has 0 aliphatic carbocycles. The molecule has 4 aromatic rings. The van der Waals surface area contributed by atoms with E-state index in [4.69, 9.17) is 14.7 Å². The minimum Gasteiger partial charge on any atom is -0.494 e. The van der Waals surface area contributed by atoms with Gasteiger partial charge in [-0.3, -0.25) is 0 Å². The molecule has 4 heterocycles. The maximum absolute atomic E-state index is 13.1. The maximum atomic E-state index is 13.1. The van der Waals surface area contributed by atoms with E-state index in [2.05, 4.69) is 32.6 Å². The number of thiophene rings is 1. The summed E-state index contributed by atoms with van der Waals surface area (Å²) in [5, 5.41) is 8.04. The lowest BCUT2D eigenvalue weighted by Crippen LogP contribution is -2.43. The number of piperidine rings is 1. The number of hydrogen-bond acceptors (Lipinski definition) is 10. The molecule has 222 valence electrons. The lowest BCUT2D eigenvalue weighted by molar-refractivity contribution is 0.208. The molecule has 0 bridgehead atoms. The minimum atomic E-state index is -3.50. The van der Waals surface area contributed by atoms with Gasteiger partial charge in [-0.1, -0.05) is 12.1 Å². The van der Waals surface area contributed by atoms with Gasteiger partial charge in [0.25, 0.3) is 0 Å². The van der Waals surface area contributed by atoms with E-state index in [0.29, 0.717) is 29.2 Å². The van der Waals surface area contributed by atoms with Crippen molar-refractivity contribution in [2.45, 2.75) is 55.7 Å². The Labute approximate surface area is 251 Å². The number of nitrogens with zero attached hydrogens (tertiary/aromatic N) is 4. The van der Waals surface area contributed by atoms with Crippen LogP contribution >= 0.6 is 11.3 Å². The minimum absolute atomic E-state index is 0.250. The third-order valence-electron chi connectivity index (χ3n) is 8.29. The van der Waals surface area contributed by atoms with Crippen molar-refractivity contribution in [2.24, 2.45) is 0 Å². The van der Waals surface area contributed by atoms with Crippen molar-refractivity contribution in [3.63, 3.8) is 0 Å². The van der Waals surface area contributed by atoms with Gasteiger partial charge in [-0.15, -0.1) is 11.3 Å². The van der Waals surface area contributed by atoms with Gasteiger partial charge in [0.1, 0.15) is 5.75 Å². The van der Waals surface area contributed by atoms with Crippen LogP contribution in [0.15, 0.2) is 58.8 Å². The third-order valence-corrected chi connectivity index (χ3v) is 11.4. The molecule has 0 atom stereocenters. The van der Waals surface area contributed by atoms with Gasteiger partial charge in [0.05, 0.1) is 38.8 Å². The molecule has 0 amide bonds. The largest absolute Gasteiger partial charge is 0.494 e. The molecule has 2 N–H and O–H groups in total. The molecule has 2 aromatic carbocycles. The molecule has 2 aromatic heterocycles. The molecule has 9 nitrogen and oxygen atoms in total. The number of likely N-dealkylation sites (tertiary alicyclic amines) is 1. The van der Waals surface area contributed by atoms with Crippen LogP contribution in [-0.2, 0) is 9.84 Å². The number of fused-ring (bicyclic) bond motifs is 1. The van der Waals surface area contributed by atoms with E-state index < -0.39 is 15.1 Å². The number of methoxy groups -OCH3 is 1. The van der Waals surface area contributed by atoms with Gasteiger partial charge >= 0.3 is 0 Å². The lowest BCUT2D eigenvalue weighted by atomic mass is 10.0. The van der Waals surface area contributed by atoms with Gasteiger partial charge in [0.15, 0.2) is 15.7 Å². The number of hydrogen-bond donors (Lipinski definition) is 2. The molecular formula is C31H38N6O3S2. The summed E-state index contributed by atoms with van der Waals surface area (Å²) < 4.78 is 32.7. The van der Waals surface area contributed by atoms with E-state index in [-0.39, 0.29) is 4.90 Å². The monoisotopic (exact) mass is 606 g/mol. The predicted octanol–water partition coefficient (Wildman–Crippen LogP) is 6.43. The molecule has 0 unspecified atom stereocenters. The van der Waals surface area contributed by atoms with Crippen LogP contribution in [0.25, 0.3) is 10.2 Å². The molecule has 42 heavy (non-hydrogen) atoms. The Morgan fingerprint density at radius 1 is 0.952 bits per heavy atom. The zero-order valence-electron chi connectivity index (χ0n) is 24.3. The van der Waals surface area contributed by atoms with Crippen molar-refractivity contribution >= 4 is 60.2 Å². The molecule has 0 saturated carbocycles. The first-order chi connectivity index (χ1) is 20.3. The molecule has 6 rings (SSSR count). The summed E-state index contributed by atoms with van der Waals surface area (Å²) in [6, 6.07) is 15.8. The molecule has 2 fully saturated rings. The topological polar surface area (TPSA) is 99.7 Å². The Kier molecular flexibility index (Phi) is 8.24. The van der Waals surface area contributed by atoms with Gasteiger partial charge in [0.2, 0.25) is 5.95 Å². The van der Waals surface area contributed by atoms with Gasteiger partial charge in [-0.05, 0) is 88.3 Å². The van der Waals surface area contributed by atoms with Crippen molar-refractivity contribution in [1.29, 1.82) is 0 Å². The molecule has 2 aliphatic heterocycles. The number of aromatic nitrogens is 2. The van der Waals surface area contributed by atoms with Gasteiger partial charge in [-0.2, -0.15) is 4.98 Å². The summed E-state index contributed by atoms with van der Waals surface area (Å²) >= 11 is 1.50. The first-order valence-corrected chi connectivity index (χ1v) is 17.1. The summed E-state index contributed by atoms with van der Waals surface area (Å²) in [6.07, 6.45) is 5.04. The number of sulfone groups is 1. The molecule has 2 saturated heterocycles. The van der Waals surface area contributed by atoms with Crippen LogP contribution in [0.2, 0.25) is 0 Å². The summed E-state index contributed by atoms with van der Waals surface area (Å²) in [5.41, 5.74) is 3.16. The average molecular weight is 607 g/mol. The first kappa shape index (κ1) is 28.7. The number of ether oxygens (including phenoxy) is 1. The van der Waals surface area contributed by atoms with Crippen molar-refractivity contribution < 1.29 is 13.2 Å². The van der Waals surface area contributed by atoms with Crippen molar-refractivity contribution in [3.05, 3.63) is 53.9 Å². The second kappa shape index (κ2) is 12.1. The third kappa shape index (κ3) is 5.77. The SMILES string of the molecule is COc1cc(N2CCC(N3CCCC3)CC2)ccc1Nc1nc(Nc2ccccc2S(=O)(=O)C(C)C)c2sccc2n1. The van der Waals surface area contributed by atoms with E-state index in [1.54, 1.807) is 39.2 Å². The molecular weight excluding hydrogens is 569 g/mol. The van der Waals surface area contributed by atoms with E-state index in [1.165, 1.54) is 50.1 Å². The molecule has 11 heteroatoms. The Morgan fingerprint density at radius 2 is 1.71 bits per heavy atom. The van der Waals surface area contributed by atoms with E-state index >= 15 is 0 Å². The van der Waals surface area contributed by atoms with Crippen LogP contribution in [0.1, 0.15) is 39.5 Å². The van der Waals surface area contributed by atoms with E-state index in [9.17, 15) is 8.42 Å². The zero-order valence-corrected chi connectivity index (χ0v) is 26.0. The second-order valence-corrected chi connectivity index (χ2v) is 14.6.